The first-order chi connectivity index (χ1) is 9.65. The molecule has 3 rings (SSSR count). The van der Waals surface area contributed by atoms with Gasteiger partial charge in [-0.25, -0.2) is 0 Å². The molecule has 0 atom stereocenters. The van der Waals surface area contributed by atoms with Crippen molar-refractivity contribution in [2.75, 3.05) is 0 Å². The third-order valence-corrected chi connectivity index (χ3v) is 4.23. The highest BCUT2D eigenvalue weighted by atomic mass is 16.2. The fourth-order valence-corrected chi connectivity index (χ4v) is 2.89. The van der Waals surface area contributed by atoms with Gasteiger partial charge in [0.1, 0.15) is 5.69 Å². The average molecular weight is 270 g/mol. The second-order valence-corrected chi connectivity index (χ2v) is 5.67. The fraction of sp³-hybridized carbons (Fsp3) is 0.471. The molecular weight excluding hydrogens is 248 g/mol. The maximum atomic E-state index is 12.5. The zero-order valence-corrected chi connectivity index (χ0v) is 12.5. The van der Waals surface area contributed by atoms with Crippen LogP contribution in [0.1, 0.15) is 48.3 Å². The summed E-state index contributed by atoms with van der Waals surface area (Å²) >= 11 is 0. The van der Waals surface area contributed by atoms with Crippen molar-refractivity contribution in [3.05, 3.63) is 35.0 Å². The summed E-state index contributed by atoms with van der Waals surface area (Å²) in [5, 5.41) is 4.33. The first-order valence-electron chi connectivity index (χ1n) is 7.58. The summed E-state index contributed by atoms with van der Waals surface area (Å²) < 4.78 is 2.14. The van der Waals surface area contributed by atoms with E-state index in [9.17, 15) is 4.79 Å². The number of carbonyl (C=O) groups is 1. The maximum absolute atomic E-state index is 12.5. The molecule has 3 nitrogen and oxygen atoms in total. The van der Waals surface area contributed by atoms with Crippen LogP contribution in [0.4, 0.5) is 0 Å². The van der Waals surface area contributed by atoms with Gasteiger partial charge >= 0.3 is 0 Å². The number of fused-ring (bicyclic) bond motifs is 1. The highest BCUT2D eigenvalue weighted by Crippen LogP contribution is 2.28. The van der Waals surface area contributed by atoms with Gasteiger partial charge in [0.15, 0.2) is 0 Å². The minimum Gasteiger partial charge on any atom is -0.348 e. The Morgan fingerprint density at radius 2 is 2.10 bits per heavy atom. The fourth-order valence-electron chi connectivity index (χ4n) is 2.89. The molecule has 1 fully saturated rings. The van der Waals surface area contributed by atoms with Crippen molar-refractivity contribution in [1.29, 1.82) is 0 Å². The molecule has 3 heteroatoms. The van der Waals surface area contributed by atoms with E-state index in [4.69, 9.17) is 0 Å². The van der Waals surface area contributed by atoms with E-state index in [1.54, 1.807) is 0 Å². The second-order valence-electron chi connectivity index (χ2n) is 5.67. The number of carbonyl (C=O) groups excluding carboxylic acids is 1. The van der Waals surface area contributed by atoms with Crippen LogP contribution in [0.15, 0.2) is 18.2 Å². The van der Waals surface area contributed by atoms with E-state index in [1.807, 2.05) is 0 Å². The lowest BCUT2D eigenvalue weighted by Gasteiger charge is -2.09. The van der Waals surface area contributed by atoms with E-state index in [1.165, 1.54) is 16.5 Å². The molecule has 1 amide bonds. The smallest absolute Gasteiger partial charge is 0.268 e. The summed E-state index contributed by atoms with van der Waals surface area (Å²) in [5.41, 5.74) is 4.43. The number of amides is 1. The number of benzene rings is 1. The zero-order valence-electron chi connectivity index (χ0n) is 12.5. The molecule has 0 radical (unpaired) electrons. The van der Waals surface area contributed by atoms with Crippen molar-refractivity contribution >= 4 is 16.8 Å². The van der Waals surface area contributed by atoms with Gasteiger partial charge in [-0.1, -0.05) is 13.0 Å². The Bertz CT molecular complexity index is 665. The van der Waals surface area contributed by atoms with Crippen molar-refractivity contribution in [1.82, 2.24) is 9.88 Å². The SMILES string of the molecule is CCc1ccc2c(c1)c(C)c(C(=O)NC1CC1)n2CC. The Labute approximate surface area is 120 Å². The van der Waals surface area contributed by atoms with Crippen LogP contribution in [-0.4, -0.2) is 16.5 Å². The van der Waals surface area contributed by atoms with E-state index in [2.05, 4.69) is 48.9 Å². The van der Waals surface area contributed by atoms with Gasteiger partial charge in [-0.15, -0.1) is 0 Å². The van der Waals surface area contributed by atoms with Gasteiger partial charge in [0.25, 0.3) is 5.91 Å². The van der Waals surface area contributed by atoms with Gasteiger partial charge in [-0.05, 0) is 56.4 Å². The zero-order chi connectivity index (χ0) is 14.3. The van der Waals surface area contributed by atoms with Crippen LogP contribution in [0.5, 0.6) is 0 Å². The van der Waals surface area contributed by atoms with E-state index in [0.29, 0.717) is 6.04 Å². The number of hydrogen-bond acceptors (Lipinski definition) is 1. The van der Waals surface area contributed by atoms with Crippen LogP contribution in [0, 0.1) is 6.92 Å². The number of hydrogen-bond donors (Lipinski definition) is 1. The number of nitrogens with zero attached hydrogens (tertiary/aromatic N) is 1. The van der Waals surface area contributed by atoms with E-state index < -0.39 is 0 Å². The molecule has 0 saturated heterocycles. The molecule has 1 N–H and O–H groups in total. The molecule has 1 heterocycles. The largest absolute Gasteiger partial charge is 0.348 e. The Balaban J connectivity index is 2.13. The summed E-state index contributed by atoms with van der Waals surface area (Å²) in [6.45, 7) is 7.15. The highest BCUT2D eigenvalue weighted by Gasteiger charge is 2.27. The molecule has 0 bridgehead atoms. The molecule has 20 heavy (non-hydrogen) atoms. The standard InChI is InChI=1S/C17H22N2O/c1-4-12-6-9-15-14(10-12)11(3)16(19(15)5-2)17(20)18-13-7-8-13/h6,9-10,13H,4-5,7-8H2,1-3H3,(H,18,20). The Kier molecular flexibility index (Phi) is 3.28. The van der Waals surface area contributed by atoms with E-state index in [0.717, 1.165) is 37.1 Å². The van der Waals surface area contributed by atoms with Crippen LogP contribution in [0.3, 0.4) is 0 Å². The van der Waals surface area contributed by atoms with Crippen molar-refractivity contribution in [2.24, 2.45) is 0 Å². The third kappa shape index (κ3) is 2.11. The summed E-state index contributed by atoms with van der Waals surface area (Å²) in [4.78, 5) is 12.5. The van der Waals surface area contributed by atoms with E-state index >= 15 is 0 Å². The average Bonchev–Trinajstić information content (AvgIpc) is 3.22. The Hall–Kier alpha value is -1.77. The van der Waals surface area contributed by atoms with Gasteiger partial charge in [0.05, 0.1) is 0 Å². The third-order valence-electron chi connectivity index (χ3n) is 4.23. The van der Waals surface area contributed by atoms with Crippen LogP contribution in [0.2, 0.25) is 0 Å². The van der Waals surface area contributed by atoms with Gasteiger partial charge in [-0.3, -0.25) is 4.79 Å². The lowest BCUT2D eigenvalue weighted by molar-refractivity contribution is 0.0941. The molecule has 0 spiro atoms. The summed E-state index contributed by atoms with van der Waals surface area (Å²) in [5.74, 6) is 0.0844. The molecule has 106 valence electrons. The molecular formula is C17H22N2O. The van der Waals surface area contributed by atoms with Gasteiger partial charge in [-0.2, -0.15) is 0 Å². The number of aryl methyl sites for hydroxylation is 3. The number of aromatic nitrogens is 1. The monoisotopic (exact) mass is 270 g/mol. The summed E-state index contributed by atoms with van der Waals surface area (Å²) in [6.07, 6.45) is 3.27. The molecule has 2 aromatic rings. The first-order valence-corrected chi connectivity index (χ1v) is 7.58. The summed E-state index contributed by atoms with van der Waals surface area (Å²) in [6, 6.07) is 6.94. The first kappa shape index (κ1) is 13.2. The quantitative estimate of drug-likeness (QED) is 0.907. The maximum Gasteiger partial charge on any atom is 0.268 e. The van der Waals surface area contributed by atoms with Crippen molar-refractivity contribution < 1.29 is 4.79 Å². The van der Waals surface area contributed by atoms with Gasteiger partial charge < -0.3 is 9.88 Å². The van der Waals surface area contributed by atoms with Crippen LogP contribution in [0.25, 0.3) is 10.9 Å². The molecule has 1 aliphatic carbocycles. The van der Waals surface area contributed by atoms with Crippen LogP contribution in [-0.2, 0) is 13.0 Å². The molecule has 1 aliphatic rings. The topological polar surface area (TPSA) is 34.0 Å². The Morgan fingerprint density at radius 3 is 2.70 bits per heavy atom. The predicted octanol–water partition coefficient (Wildman–Crippen LogP) is 3.42. The molecule has 1 saturated carbocycles. The molecule has 0 aliphatic heterocycles. The van der Waals surface area contributed by atoms with Crippen molar-refractivity contribution in [3.63, 3.8) is 0 Å². The molecule has 1 aromatic carbocycles. The van der Waals surface area contributed by atoms with Crippen LogP contribution < -0.4 is 5.32 Å². The van der Waals surface area contributed by atoms with E-state index in [-0.39, 0.29) is 5.91 Å². The van der Waals surface area contributed by atoms with Gasteiger partial charge in [0, 0.05) is 23.5 Å². The minimum atomic E-state index is 0.0844. The molecule has 0 unspecified atom stereocenters. The second kappa shape index (κ2) is 4.97. The van der Waals surface area contributed by atoms with Crippen molar-refractivity contribution in [3.8, 4) is 0 Å². The molecule has 1 aromatic heterocycles. The normalized spacial score (nSPS) is 14.8. The Morgan fingerprint density at radius 1 is 1.35 bits per heavy atom. The predicted molar refractivity (Wildman–Crippen MR) is 82.2 cm³/mol. The minimum absolute atomic E-state index is 0.0844. The van der Waals surface area contributed by atoms with Gasteiger partial charge in [0.2, 0.25) is 0 Å². The lowest BCUT2D eigenvalue weighted by atomic mass is 10.1. The van der Waals surface area contributed by atoms with Crippen molar-refractivity contribution in [2.45, 2.75) is 52.6 Å². The number of rotatable bonds is 4. The summed E-state index contributed by atoms with van der Waals surface area (Å²) in [7, 11) is 0. The lowest BCUT2D eigenvalue weighted by Crippen LogP contribution is -2.28. The highest BCUT2D eigenvalue weighted by molar-refractivity contribution is 6.02. The van der Waals surface area contributed by atoms with Crippen LogP contribution >= 0.6 is 0 Å². The number of nitrogens with one attached hydrogen (secondary N) is 1.